The molecule has 0 atom stereocenters. The molecule has 100 valence electrons. The van der Waals surface area contributed by atoms with Crippen molar-refractivity contribution < 1.29 is 4.79 Å². The molecule has 0 spiro atoms. The van der Waals surface area contributed by atoms with Crippen LogP contribution in [0, 0.1) is 11.3 Å². The third-order valence-corrected chi connectivity index (χ3v) is 3.32. The van der Waals surface area contributed by atoms with Gasteiger partial charge in [0.05, 0.1) is 11.6 Å². The molecule has 2 N–H and O–H groups in total. The first kappa shape index (κ1) is 13.9. The third-order valence-electron chi connectivity index (χ3n) is 2.97. The molecule has 1 aromatic rings. The van der Waals surface area contributed by atoms with Crippen molar-refractivity contribution in [1.29, 1.82) is 5.26 Å². The number of hydrogen-bond donors (Lipinski definition) is 2. The van der Waals surface area contributed by atoms with Crippen molar-refractivity contribution in [2.45, 2.75) is 31.8 Å². The zero-order valence-corrected chi connectivity index (χ0v) is 11.3. The molecular weight excluding hydrogens is 262 g/mol. The van der Waals surface area contributed by atoms with Gasteiger partial charge in [0.25, 0.3) is 0 Å². The van der Waals surface area contributed by atoms with E-state index in [4.69, 9.17) is 16.9 Å². The van der Waals surface area contributed by atoms with Crippen molar-refractivity contribution in [2.75, 3.05) is 6.54 Å². The van der Waals surface area contributed by atoms with E-state index in [1.165, 1.54) is 0 Å². The van der Waals surface area contributed by atoms with Crippen LogP contribution in [0.4, 0.5) is 0 Å². The second-order valence-corrected chi connectivity index (χ2v) is 5.09. The van der Waals surface area contributed by atoms with Crippen molar-refractivity contribution in [3.05, 3.63) is 34.3 Å². The average Bonchev–Trinajstić information content (AvgIpc) is 3.20. The SMILES string of the molecule is N#Cc1ccc(CNCCC(=O)NC2CC2)c(Cl)c1. The topological polar surface area (TPSA) is 64.9 Å². The minimum atomic E-state index is 0.0981. The fraction of sp³-hybridized carbons (Fsp3) is 0.429. The number of amides is 1. The zero-order chi connectivity index (χ0) is 13.7. The first-order chi connectivity index (χ1) is 9.19. The van der Waals surface area contributed by atoms with Crippen molar-refractivity contribution >= 4 is 17.5 Å². The Bertz CT molecular complexity index is 506. The van der Waals surface area contributed by atoms with Gasteiger partial charge < -0.3 is 10.6 Å². The van der Waals surface area contributed by atoms with Gasteiger partial charge in [0, 0.05) is 30.6 Å². The Hall–Kier alpha value is -1.57. The first-order valence-electron chi connectivity index (χ1n) is 6.37. The van der Waals surface area contributed by atoms with E-state index in [2.05, 4.69) is 10.6 Å². The molecule has 1 aliphatic carbocycles. The molecule has 0 aromatic heterocycles. The van der Waals surface area contributed by atoms with Crippen LogP contribution < -0.4 is 10.6 Å². The molecule has 1 amide bonds. The lowest BCUT2D eigenvalue weighted by molar-refractivity contribution is -0.121. The number of hydrogen-bond acceptors (Lipinski definition) is 3. The summed E-state index contributed by atoms with van der Waals surface area (Å²) in [7, 11) is 0. The summed E-state index contributed by atoms with van der Waals surface area (Å²) in [5.74, 6) is 0.0981. The number of carbonyl (C=O) groups is 1. The maximum absolute atomic E-state index is 11.4. The Balaban J connectivity index is 1.70. The largest absolute Gasteiger partial charge is 0.353 e. The van der Waals surface area contributed by atoms with Crippen LogP contribution in [0.2, 0.25) is 5.02 Å². The number of nitriles is 1. The number of nitrogens with zero attached hydrogens (tertiary/aromatic N) is 1. The lowest BCUT2D eigenvalue weighted by Gasteiger charge is -2.07. The Labute approximate surface area is 117 Å². The van der Waals surface area contributed by atoms with Crippen LogP contribution in [0.15, 0.2) is 18.2 Å². The summed E-state index contributed by atoms with van der Waals surface area (Å²) < 4.78 is 0. The Morgan fingerprint density at radius 3 is 2.89 bits per heavy atom. The highest BCUT2D eigenvalue weighted by Crippen LogP contribution is 2.19. The molecule has 2 rings (SSSR count). The molecule has 1 fully saturated rings. The molecule has 1 saturated carbocycles. The van der Waals surface area contributed by atoms with Gasteiger partial charge in [-0.2, -0.15) is 5.26 Å². The molecule has 1 aliphatic rings. The van der Waals surface area contributed by atoms with E-state index in [0.717, 1.165) is 18.4 Å². The van der Waals surface area contributed by atoms with Gasteiger partial charge in [-0.3, -0.25) is 4.79 Å². The van der Waals surface area contributed by atoms with E-state index >= 15 is 0 Å². The molecule has 19 heavy (non-hydrogen) atoms. The van der Waals surface area contributed by atoms with Crippen LogP contribution in [0.5, 0.6) is 0 Å². The predicted molar refractivity (Wildman–Crippen MR) is 73.7 cm³/mol. The minimum Gasteiger partial charge on any atom is -0.353 e. The van der Waals surface area contributed by atoms with E-state index in [0.29, 0.717) is 36.1 Å². The Morgan fingerprint density at radius 2 is 2.26 bits per heavy atom. The van der Waals surface area contributed by atoms with E-state index < -0.39 is 0 Å². The normalized spacial score (nSPS) is 13.9. The summed E-state index contributed by atoms with van der Waals surface area (Å²) in [6.07, 6.45) is 2.70. The summed E-state index contributed by atoms with van der Waals surface area (Å²) in [5, 5.41) is 15.4. The van der Waals surface area contributed by atoms with E-state index in [9.17, 15) is 4.79 Å². The fourth-order valence-corrected chi connectivity index (χ4v) is 1.96. The number of rotatable bonds is 6. The molecule has 0 unspecified atom stereocenters. The van der Waals surface area contributed by atoms with Crippen LogP contribution >= 0.6 is 11.6 Å². The van der Waals surface area contributed by atoms with Gasteiger partial charge in [-0.1, -0.05) is 17.7 Å². The average molecular weight is 278 g/mol. The molecule has 0 aliphatic heterocycles. The minimum absolute atomic E-state index is 0.0981. The van der Waals surface area contributed by atoms with Crippen molar-refractivity contribution in [2.24, 2.45) is 0 Å². The van der Waals surface area contributed by atoms with Gasteiger partial charge in [0.1, 0.15) is 0 Å². The smallest absolute Gasteiger partial charge is 0.221 e. The van der Waals surface area contributed by atoms with Gasteiger partial charge in [0.2, 0.25) is 5.91 Å². The predicted octanol–water partition coefficient (Wildman–Crippen LogP) is 1.97. The monoisotopic (exact) mass is 277 g/mol. The number of halogens is 1. The van der Waals surface area contributed by atoms with Gasteiger partial charge in [-0.15, -0.1) is 0 Å². The molecule has 5 heteroatoms. The highest BCUT2D eigenvalue weighted by atomic mass is 35.5. The van der Waals surface area contributed by atoms with E-state index in [-0.39, 0.29) is 5.91 Å². The Morgan fingerprint density at radius 1 is 1.47 bits per heavy atom. The van der Waals surface area contributed by atoms with Crippen molar-refractivity contribution in [1.82, 2.24) is 10.6 Å². The second-order valence-electron chi connectivity index (χ2n) is 4.69. The Kier molecular flexibility index (Phi) is 4.78. The van der Waals surface area contributed by atoms with Crippen LogP contribution in [0.1, 0.15) is 30.4 Å². The van der Waals surface area contributed by atoms with Crippen molar-refractivity contribution in [3.63, 3.8) is 0 Å². The number of carbonyl (C=O) groups excluding carboxylic acids is 1. The molecule has 0 saturated heterocycles. The molecule has 0 radical (unpaired) electrons. The highest BCUT2D eigenvalue weighted by molar-refractivity contribution is 6.31. The van der Waals surface area contributed by atoms with Crippen LogP contribution in [0.3, 0.4) is 0 Å². The van der Waals surface area contributed by atoms with E-state index in [1.807, 2.05) is 12.1 Å². The van der Waals surface area contributed by atoms with Gasteiger partial charge in [0.15, 0.2) is 0 Å². The lowest BCUT2D eigenvalue weighted by Crippen LogP contribution is -2.29. The van der Waals surface area contributed by atoms with Gasteiger partial charge in [-0.25, -0.2) is 0 Å². The summed E-state index contributed by atoms with van der Waals surface area (Å²) in [5.41, 5.74) is 1.49. The molecule has 4 nitrogen and oxygen atoms in total. The van der Waals surface area contributed by atoms with Crippen LogP contribution in [-0.4, -0.2) is 18.5 Å². The third kappa shape index (κ3) is 4.55. The lowest BCUT2D eigenvalue weighted by atomic mass is 10.1. The summed E-state index contributed by atoms with van der Waals surface area (Å²) in [4.78, 5) is 11.4. The molecular formula is C14H16ClN3O. The quantitative estimate of drug-likeness (QED) is 0.782. The van der Waals surface area contributed by atoms with Crippen LogP contribution in [-0.2, 0) is 11.3 Å². The fourth-order valence-electron chi connectivity index (χ4n) is 1.71. The second kappa shape index (κ2) is 6.55. The standard InChI is InChI=1S/C14H16ClN3O/c15-13-7-10(8-16)1-2-11(13)9-17-6-5-14(19)18-12-3-4-12/h1-2,7,12,17H,3-6,9H2,(H,18,19). The summed E-state index contributed by atoms with van der Waals surface area (Å²) in [6, 6.07) is 7.68. The highest BCUT2D eigenvalue weighted by Gasteiger charge is 2.22. The maximum atomic E-state index is 11.4. The molecule has 1 aromatic carbocycles. The summed E-state index contributed by atoms with van der Waals surface area (Å²) in [6.45, 7) is 1.22. The molecule has 0 bridgehead atoms. The summed E-state index contributed by atoms with van der Waals surface area (Å²) >= 11 is 6.06. The first-order valence-corrected chi connectivity index (χ1v) is 6.75. The van der Waals surface area contributed by atoms with Crippen LogP contribution in [0.25, 0.3) is 0 Å². The number of nitrogens with one attached hydrogen (secondary N) is 2. The zero-order valence-electron chi connectivity index (χ0n) is 10.6. The van der Waals surface area contributed by atoms with Gasteiger partial charge >= 0.3 is 0 Å². The number of benzene rings is 1. The van der Waals surface area contributed by atoms with Crippen molar-refractivity contribution in [3.8, 4) is 6.07 Å². The van der Waals surface area contributed by atoms with E-state index in [1.54, 1.807) is 12.1 Å². The van der Waals surface area contributed by atoms with Gasteiger partial charge in [-0.05, 0) is 30.5 Å². The molecule has 0 heterocycles. The maximum Gasteiger partial charge on any atom is 0.221 e.